The number of carbonyl (C=O) groups excluding carboxylic acids is 1. The summed E-state index contributed by atoms with van der Waals surface area (Å²) in [6.45, 7) is 4.95. The number of hydrogen-bond acceptors (Lipinski definition) is 6. The monoisotopic (exact) mass is 463 g/mol. The predicted molar refractivity (Wildman–Crippen MR) is 130 cm³/mol. The molecular formula is C24H25N5OS2. The first-order chi connectivity index (χ1) is 15.5. The van der Waals surface area contributed by atoms with E-state index in [4.69, 9.17) is 0 Å². The molecule has 0 unspecified atom stereocenters. The Labute approximate surface area is 196 Å². The summed E-state index contributed by atoms with van der Waals surface area (Å²) < 4.78 is 2.05. The molecule has 8 heteroatoms. The van der Waals surface area contributed by atoms with Crippen molar-refractivity contribution in [3.63, 3.8) is 0 Å². The summed E-state index contributed by atoms with van der Waals surface area (Å²) in [5.74, 6) is 1.38. The van der Waals surface area contributed by atoms with Gasteiger partial charge in [-0.2, -0.15) is 0 Å². The quantitative estimate of drug-likeness (QED) is 0.333. The summed E-state index contributed by atoms with van der Waals surface area (Å²) in [5, 5.41) is 11.6. The molecule has 4 aromatic rings. The fraction of sp³-hybridized carbons (Fsp3) is 0.250. The standard InChI is InChI=1S/C24H25N5OS2/c1-17(2)20-10-4-5-11-21(20)29-23(18-8-6-12-25-14-18)26-27-24(29)32-16-22(30)28(3)15-19-9-7-13-31-19/h4-14,17H,15-16H2,1-3H3. The molecule has 0 saturated carbocycles. The molecule has 1 aromatic carbocycles. The van der Waals surface area contributed by atoms with Gasteiger partial charge >= 0.3 is 0 Å². The number of benzene rings is 1. The van der Waals surface area contributed by atoms with E-state index in [9.17, 15) is 4.79 Å². The number of pyridine rings is 1. The fourth-order valence-corrected chi connectivity index (χ4v) is 5.05. The van der Waals surface area contributed by atoms with Crippen molar-refractivity contribution in [2.75, 3.05) is 12.8 Å². The lowest BCUT2D eigenvalue weighted by Gasteiger charge is -2.18. The Morgan fingerprint density at radius 2 is 1.97 bits per heavy atom. The Bertz CT molecular complexity index is 1170. The number of carbonyl (C=O) groups is 1. The van der Waals surface area contributed by atoms with Crippen molar-refractivity contribution in [1.29, 1.82) is 0 Å². The highest BCUT2D eigenvalue weighted by molar-refractivity contribution is 7.99. The maximum Gasteiger partial charge on any atom is 0.233 e. The van der Waals surface area contributed by atoms with Crippen LogP contribution in [0.25, 0.3) is 17.1 Å². The van der Waals surface area contributed by atoms with Gasteiger partial charge in [0.05, 0.1) is 18.0 Å². The van der Waals surface area contributed by atoms with Crippen LogP contribution in [0.2, 0.25) is 0 Å². The van der Waals surface area contributed by atoms with Gasteiger partial charge in [-0.3, -0.25) is 14.3 Å². The van der Waals surface area contributed by atoms with Crippen LogP contribution in [0.15, 0.2) is 71.5 Å². The topological polar surface area (TPSA) is 63.9 Å². The number of rotatable bonds is 8. The van der Waals surface area contributed by atoms with E-state index < -0.39 is 0 Å². The number of amides is 1. The van der Waals surface area contributed by atoms with Crippen LogP contribution in [0.3, 0.4) is 0 Å². The first-order valence-electron chi connectivity index (χ1n) is 10.4. The summed E-state index contributed by atoms with van der Waals surface area (Å²) in [6.07, 6.45) is 3.52. The first kappa shape index (κ1) is 22.2. The Hall–Kier alpha value is -2.97. The van der Waals surface area contributed by atoms with E-state index in [1.807, 2.05) is 53.4 Å². The molecule has 0 radical (unpaired) electrons. The molecule has 0 spiro atoms. The van der Waals surface area contributed by atoms with E-state index in [0.717, 1.165) is 11.3 Å². The summed E-state index contributed by atoms with van der Waals surface area (Å²) >= 11 is 3.06. The lowest BCUT2D eigenvalue weighted by atomic mass is 10.0. The third-order valence-corrected chi connectivity index (χ3v) is 6.85. The highest BCUT2D eigenvalue weighted by Crippen LogP contribution is 2.32. The number of para-hydroxylation sites is 1. The second-order valence-electron chi connectivity index (χ2n) is 7.71. The number of aromatic nitrogens is 4. The lowest BCUT2D eigenvalue weighted by molar-refractivity contribution is -0.127. The molecule has 0 bridgehead atoms. The zero-order valence-electron chi connectivity index (χ0n) is 18.3. The number of nitrogens with zero attached hydrogens (tertiary/aromatic N) is 5. The minimum atomic E-state index is 0.0537. The zero-order chi connectivity index (χ0) is 22.5. The summed E-state index contributed by atoms with van der Waals surface area (Å²) in [6, 6.07) is 16.2. The molecule has 0 aliphatic rings. The normalized spacial score (nSPS) is 11.1. The number of hydrogen-bond donors (Lipinski definition) is 0. The molecule has 32 heavy (non-hydrogen) atoms. The molecule has 6 nitrogen and oxygen atoms in total. The van der Waals surface area contributed by atoms with Gasteiger partial charge in [-0.25, -0.2) is 0 Å². The van der Waals surface area contributed by atoms with Crippen LogP contribution >= 0.6 is 23.1 Å². The molecule has 4 rings (SSSR count). The van der Waals surface area contributed by atoms with Crippen molar-refractivity contribution < 1.29 is 4.79 Å². The lowest BCUT2D eigenvalue weighted by Crippen LogP contribution is -2.27. The SMILES string of the molecule is CC(C)c1ccccc1-n1c(SCC(=O)N(C)Cc2cccs2)nnc1-c1cccnc1. The highest BCUT2D eigenvalue weighted by Gasteiger charge is 2.21. The van der Waals surface area contributed by atoms with Crippen molar-refractivity contribution in [3.05, 3.63) is 76.7 Å². The van der Waals surface area contributed by atoms with Gasteiger partial charge in [-0.05, 0) is 41.1 Å². The van der Waals surface area contributed by atoms with Gasteiger partial charge in [0.1, 0.15) is 0 Å². The van der Waals surface area contributed by atoms with Gasteiger partial charge in [0, 0.05) is 29.9 Å². The van der Waals surface area contributed by atoms with Crippen LogP contribution in [0.1, 0.15) is 30.2 Å². The van der Waals surface area contributed by atoms with E-state index >= 15 is 0 Å². The molecular weight excluding hydrogens is 438 g/mol. The van der Waals surface area contributed by atoms with Crippen molar-refractivity contribution in [2.45, 2.75) is 31.5 Å². The summed E-state index contributed by atoms with van der Waals surface area (Å²) in [4.78, 5) is 20.0. The maximum absolute atomic E-state index is 12.8. The molecule has 0 atom stereocenters. The first-order valence-corrected chi connectivity index (χ1v) is 12.3. The van der Waals surface area contributed by atoms with Crippen LogP contribution in [0.4, 0.5) is 0 Å². The van der Waals surface area contributed by atoms with E-state index in [1.54, 1.807) is 28.6 Å². The molecule has 0 saturated heterocycles. The Morgan fingerprint density at radius 3 is 2.69 bits per heavy atom. The summed E-state index contributed by atoms with van der Waals surface area (Å²) in [7, 11) is 1.84. The number of thiophene rings is 1. The number of thioether (sulfide) groups is 1. The second kappa shape index (κ2) is 10.1. The smallest absolute Gasteiger partial charge is 0.233 e. The van der Waals surface area contributed by atoms with Gasteiger partial charge in [0.2, 0.25) is 5.91 Å². The third-order valence-electron chi connectivity index (χ3n) is 5.08. The maximum atomic E-state index is 12.8. The Kier molecular flexibility index (Phi) is 7.02. The Balaban J connectivity index is 1.64. The van der Waals surface area contributed by atoms with Gasteiger partial charge in [-0.15, -0.1) is 21.5 Å². The molecule has 0 aliphatic carbocycles. The largest absolute Gasteiger partial charge is 0.340 e. The van der Waals surface area contributed by atoms with Crippen molar-refractivity contribution >= 4 is 29.0 Å². The molecule has 164 valence electrons. The average molecular weight is 464 g/mol. The third kappa shape index (κ3) is 4.92. The van der Waals surface area contributed by atoms with Crippen molar-refractivity contribution in [1.82, 2.24) is 24.6 Å². The summed E-state index contributed by atoms with van der Waals surface area (Å²) in [5.41, 5.74) is 3.10. The molecule has 0 fully saturated rings. The van der Waals surface area contributed by atoms with Crippen LogP contribution < -0.4 is 0 Å². The van der Waals surface area contributed by atoms with Gasteiger partial charge in [0.25, 0.3) is 0 Å². The van der Waals surface area contributed by atoms with Gasteiger partial charge in [0.15, 0.2) is 11.0 Å². The van der Waals surface area contributed by atoms with Crippen LogP contribution in [0.5, 0.6) is 0 Å². The van der Waals surface area contributed by atoms with E-state index in [2.05, 4.69) is 41.2 Å². The van der Waals surface area contributed by atoms with E-state index in [1.165, 1.54) is 22.2 Å². The van der Waals surface area contributed by atoms with Gasteiger partial charge in [-0.1, -0.05) is 49.9 Å². The van der Waals surface area contributed by atoms with Crippen LogP contribution in [0, 0.1) is 0 Å². The minimum Gasteiger partial charge on any atom is -0.340 e. The van der Waals surface area contributed by atoms with E-state index in [-0.39, 0.29) is 11.7 Å². The highest BCUT2D eigenvalue weighted by atomic mass is 32.2. The van der Waals surface area contributed by atoms with E-state index in [0.29, 0.717) is 23.4 Å². The zero-order valence-corrected chi connectivity index (χ0v) is 19.9. The van der Waals surface area contributed by atoms with Gasteiger partial charge < -0.3 is 4.90 Å². The molecule has 3 heterocycles. The van der Waals surface area contributed by atoms with Crippen molar-refractivity contribution in [3.8, 4) is 17.1 Å². The Morgan fingerprint density at radius 1 is 1.12 bits per heavy atom. The molecule has 0 N–H and O–H groups in total. The minimum absolute atomic E-state index is 0.0537. The fourth-order valence-electron chi connectivity index (χ4n) is 3.40. The molecule has 0 aliphatic heterocycles. The second-order valence-corrected chi connectivity index (χ2v) is 9.69. The predicted octanol–water partition coefficient (Wildman–Crippen LogP) is 5.26. The van der Waals surface area contributed by atoms with Crippen LogP contribution in [-0.4, -0.2) is 43.4 Å². The molecule has 3 aromatic heterocycles. The van der Waals surface area contributed by atoms with Crippen molar-refractivity contribution in [2.24, 2.45) is 0 Å². The molecule has 1 amide bonds. The average Bonchev–Trinajstić information content (AvgIpc) is 3.47. The van der Waals surface area contributed by atoms with Crippen LogP contribution in [-0.2, 0) is 11.3 Å².